The van der Waals surface area contributed by atoms with Crippen molar-refractivity contribution in [3.05, 3.63) is 52.3 Å². The van der Waals surface area contributed by atoms with Crippen molar-refractivity contribution in [2.45, 2.75) is 19.5 Å². The summed E-state index contributed by atoms with van der Waals surface area (Å²) in [7, 11) is 0. The third-order valence-corrected chi connectivity index (χ3v) is 4.28. The highest BCUT2D eigenvalue weighted by atomic mass is 16.6. The lowest BCUT2D eigenvalue weighted by Gasteiger charge is -2.26. The molecule has 0 aliphatic carbocycles. The number of nitrogens with one attached hydrogen (secondary N) is 1. The summed E-state index contributed by atoms with van der Waals surface area (Å²) >= 11 is 0. The number of hydrogen-bond acceptors (Lipinski definition) is 6. The predicted molar refractivity (Wildman–Crippen MR) is 94.8 cm³/mol. The van der Waals surface area contributed by atoms with E-state index in [1.54, 1.807) is 6.92 Å². The number of aromatic nitrogens is 2. The Morgan fingerprint density at radius 3 is 2.88 bits per heavy atom. The number of ether oxygens (including phenoxy) is 1. The minimum Gasteiger partial charge on any atom is -0.379 e. The highest BCUT2D eigenvalue weighted by molar-refractivity contribution is 5.93. The van der Waals surface area contributed by atoms with E-state index in [0.29, 0.717) is 5.69 Å². The molecule has 26 heavy (non-hydrogen) atoms. The van der Waals surface area contributed by atoms with Crippen LogP contribution in [0, 0.1) is 10.1 Å². The van der Waals surface area contributed by atoms with Crippen molar-refractivity contribution in [1.29, 1.82) is 0 Å². The largest absolute Gasteiger partial charge is 0.379 e. The van der Waals surface area contributed by atoms with Crippen molar-refractivity contribution in [3.8, 4) is 0 Å². The van der Waals surface area contributed by atoms with Gasteiger partial charge in [-0.15, -0.1) is 0 Å². The van der Waals surface area contributed by atoms with Gasteiger partial charge >= 0.3 is 5.69 Å². The lowest BCUT2D eigenvalue weighted by atomic mass is 10.1. The van der Waals surface area contributed by atoms with Gasteiger partial charge in [-0.2, -0.15) is 5.10 Å². The molecule has 1 fully saturated rings. The van der Waals surface area contributed by atoms with Crippen LogP contribution in [0.3, 0.4) is 0 Å². The second kappa shape index (κ2) is 8.07. The predicted octanol–water partition coefficient (Wildman–Crippen LogP) is 1.82. The number of anilines is 1. The van der Waals surface area contributed by atoms with Gasteiger partial charge in [0.1, 0.15) is 18.4 Å². The van der Waals surface area contributed by atoms with E-state index in [4.69, 9.17) is 4.74 Å². The van der Waals surface area contributed by atoms with Gasteiger partial charge < -0.3 is 10.1 Å². The van der Waals surface area contributed by atoms with E-state index in [-0.39, 0.29) is 11.6 Å². The van der Waals surface area contributed by atoms with Crippen molar-refractivity contribution in [3.63, 3.8) is 0 Å². The number of morpholine rings is 1. The molecule has 0 radical (unpaired) electrons. The molecule has 0 spiro atoms. The van der Waals surface area contributed by atoms with Gasteiger partial charge in [0.05, 0.1) is 18.1 Å². The molecule has 1 aliphatic rings. The number of nitro groups is 1. The zero-order chi connectivity index (χ0) is 18.5. The minimum absolute atomic E-state index is 0.142. The van der Waals surface area contributed by atoms with Crippen molar-refractivity contribution >= 4 is 17.3 Å². The molecule has 1 unspecified atom stereocenters. The first-order chi connectivity index (χ1) is 12.5. The average molecular weight is 359 g/mol. The summed E-state index contributed by atoms with van der Waals surface area (Å²) in [5.41, 5.74) is 1.65. The number of rotatable bonds is 6. The third kappa shape index (κ3) is 4.44. The Bertz CT molecular complexity index is 785. The smallest absolute Gasteiger partial charge is 0.307 e. The van der Waals surface area contributed by atoms with Crippen LogP contribution in [-0.4, -0.2) is 51.8 Å². The van der Waals surface area contributed by atoms with Gasteiger partial charge in [0, 0.05) is 25.3 Å². The van der Waals surface area contributed by atoms with Crippen molar-refractivity contribution in [2.75, 3.05) is 31.6 Å². The molecule has 1 saturated heterocycles. The molecule has 1 aromatic carbocycles. The maximum Gasteiger partial charge on any atom is 0.307 e. The molecule has 0 saturated carbocycles. The van der Waals surface area contributed by atoms with E-state index < -0.39 is 11.0 Å². The molecule has 9 heteroatoms. The fourth-order valence-corrected chi connectivity index (χ4v) is 2.77. The summed E-state index contributed by atoms with van der Waals surface area (Å²) in [6, 6.07) is 7.01. The number of hydrogen-bond donors (Lipinski definition) is 1. The van der Waals surface area contributed by atoms with Crippen LogP contribution in [0.25, 0.3) is 0 Å². The Morgan fingerprint density at radius 2 is 2.19 bits per heavy atom. The summed E-state index contributed by atoms with van der Waals surface area (Å²) < 4.78 is 6.63. The Hall–Kier alpha value is -2.78. The Balaban J connectivity index is 1.62. The maximum absolute atomic E-state index is 12.4. The molecular weight excluding hydrogens is 338 g/mol. The molecule has 1 amide bonds. The summed E-state index contributed by atoms with van der Waals surface area (Å²) in [6.07, 6.45) is 2.38. The van der Waals surface area contributed by atoms with Gasteiger partial charge in [-0.1, -0.05) is 12.1 Å². The number of nitrogens with zero attached hydrogens (tertiary/aromatic N) is 4. The molecule has 1 aliphatic heterocycles. The van der Waals surface area contributed by atoms with Gasteiger partial charge in [0.15, 0.2) is 0 Å². The first kappa shape index (κ1) is 18.0. The summed E-state index contributed by atoms with van der Waals surface area (Å²) in [6.45, 7) is 5.71. The standard InChI is InChI=1S/C17H21N5O4/c1-13(21-12-16(10-18-21)22(24)25)17(23)19-15-4-2-3-14(9-15)11-20-5-7-26-8-6-20/h2-4,9-10,12-13H,5-8,11H2,1H3,(H,19,23). The quantitative estimate of drug-likeness (QED) is 0.623. The molecule has 1 atom stereocenters. The van der Waals surface area contributed by atoms with Crippen LogP contribution >= 0.6 is 0 Å². The zero-order valence-corrected chi connectivity index (χ0v) is 14.5. The molecule has 2 aromatic rings. The summed E-state index contributed by atoms with van der Waals surface area (Å²) in [5.74, 6) is -0.286. The van der Waals surface area contributed by atoms with E-state index in [9.17, 15) is 14.9 Å². The van der Waals surface area contributed by atoms with Gasteiger partial charge in [-0.05, 0) is 24.6 Å². The van der Waals surface area contributed by atoms with Crippen LogP contribution in [0.4, 0.5) is 11.4 Å². The second-order valence-electron chi connectivity index (χ2n) is 6.19. The Morgan fingerprint density at radius 1 is 1.42 bits per heavy atom. The van der Waals surface area contributed by atoms with E-state index in [2.05, 4.69) is 15.3 Å². The maximum atomic E-state index is 12.4. The van der Waals surface area contributed by atoms with Crippen LogP contribution in [0.2, 0.25) is 0 Å². The fourth-order valence-electron chi connectivity index (χ4n) is 2.77. The first-order valence-electron chi connectivity index (χ1n) is 8.41. The molecule has 138 valence electrons. The zero-order valence-electron chi connectivity index (χ0n) is 14.5. The number of carbonyl (C=O) groups is 1. The molecule has 0 bridgehead atoms. The van der Waals surface area contributed by atoms with Crippen molar-refractivity contribution in [1.82, 2.24) is 14.7 Å². The topological polar surface area (TPSA) is 103 Å². The minimum atomic E-state index is -0.661. The van der Waals surface area contributed by atoms with E-state index in [0.717, 1.165) is 44.6 Å². The van der Waals surface area contributed by atoms with Gasteiger partial charge in [0.2, 0.25) is 5.91 Å². The van der Waals surface area contributed by atoms with Crippen molar-refractivity contribution in [2.24, 2.45) is 0 Å². The normalized spacial score (nSPS) is 16.2. The lowest BCUT2D eigenvalue weighted by Crippen LogP contribution is -2.35. The monoisotopic (exact) mass is 359 g/mol. The molecular formula is C17H21N5O4. The van der Waals surface area contributed by atoms with Crippen LogP contribution in [0.5, 0.6) is 0 Å². The summed E-state index contributed by atoms with van der Waals surface area (Å²) in [5, 5.41) is 17.5. The van der Waals surface area contributed by atoms with Crippen molar-refractivity contribution < 1.29 is 14.5 Å². The SMILES string of the molecule is CC(C(=O)Nc1cccc(CN2CCOCC2)c1)n1cc([N+](=O)[O-])cn1. The Kier molecular flexibility index (Phi) is 5.59. The average Bonchev–Trinajstić information content (AvgIpc) is 3.12. The van der Waals surface area contributed by atoms with E-state index in [1.807, 2.05) is 24.3 Å². The highest BCUT2D eigenvalue weighted by Gasteiger charge is 2.19. The number of carbonyl (C=O) groups excluding carboxylic acids is 1. The van der Waals surface area contributed by atoms with Crippen LogP contribution in [0.15, 0.2) is 36.7 Å². The molecule has 1 N–H and O–H groups in total. The number of amides is 1. The van der Waals surface area contributed by atoms with Gasteiger partial charge in [0.25, 0.3) is 0 Å². The fraction of sp³-hybridized carbons (Fsp3) is 0.412. The first-order valence-corrected chi connectivity index (χ1v) is 8.41. The van der Waals surface area contributed by atoms with Crippen LogP contribution in [0.1, 0.15) is 18.5 Å². The molecule has 1 aromatic heterocycles. The van der Waals surface area contributed by atoms with Gasteiger partial charge in [-0.3, -0.25) is 24.5 Å². The van der Waals surface area contributed by atoms with Crippen LogP contribution in [-0.2, 0) is 16.1 Å². The van der Waals surface area contributed by atoms with Gasteiger partial charge in [-0.25, -0.2) is 0 Å². The van der Waals surface area contributed by atoms with E-state index >= 15 is 0 Å². The third-order valence-electron chi connectivity index (χ3n) is 4.28. The molecule has 2 heterocycles. The van der Waals surface area contributed by atoms with Crippen LogP contribution < -0.4 is 5.32 Å². The Labute approximate surface area is 150 Å². The highest BCUT2D eigenvalue weighted by Crippen LogP contribution is 2.17. The van der Waals surface area contributed by atoms with E-state index in [1.165, 1.54) is 10.9 Å². The lowest BCUT2D eigenvalue weighted by molar-refractivity contribution is -0.385. The summed E-state index contributed by atoms with van der Waals surface area (Å²) in [4.78, 5) is 24.9. The second-order valence-corrected chi connectivity index (χ2v) is 6.19. The molecule has 9 nitrogen and oxygen atoms in total. The number of benzene rings is 1. The molecule has 3 rings (SSSR count).